The SMILES string of the molecule is CCc1cc2c(=O)c(Oc3ccc(F)cc3)c(C(F)(F)F)oc2c(CN(C)C)c1O. The van der Waals surface area contributed by atoms with Gasteiger partial charge in [-0.05, 0) is 56.4 Å². The fourth-order valence-electron chi connectivity index (χ4n) is 3.06. The molecule has 3 aromatic rings. The highest BCUT2D eigenvalue weighted by Gasteiger charge is 2.41. The highest BCUT2D eigenvalue weighted by atomic mass is 19.4. The smallest absolute Gasteiger partial charge is 0.453 e. The molecular formula is C21H19F4NO4. The van der Waals surface area contributed by atoms with E-state index in [-0.39, 0.29) is 34.6 Å². The zero-order valence-electron chi connectivity index (χ0n) is 16.4. The van der Waals surface area contributed by atoms with Crippen molar-refractivity contribution in [3.05, 3.63) is 63.3 Å². The van der Waals surface area contributed by atoms with Crippen LogP contribution < -0.4 is 10.2 Å². The second-order valence-corrected chi connectivity index (χ2v) is 6.97. The molecule has 0 bridgehead atoms. The number of phenolic OH excluding ortho intramolecular Hbond substituents is 1. The quantitative estimate of drug-likeness (QED) is 0.578. The van der Waals surface area contributed by atoms with Crippen LogP contribution in [0.25, 0.3) is 11.0 Å². The van der Waals surface area contributed by atoms with Gasteiger partial charge in [0.25, 0.3) is 5.76 Å². The van der Waals surface area contributed by atoms with Gasteiger partial charge in [-0.15, -0.1) is 0 Å². The van der Waals surface area contributed by atoms with Gasteiger partial charge in [-0.2, -0.15) is 13.2 Å². The van der Waals surface area contributed by atoms with Gasteiger partial charge in [0.2, 0.25) is 11.2 Å². The maximum Gasteiger partial charge on any atom is 0.453 e. The Morgan fingerprint density at radius 2 is 1.80 bits per heavy atom. The van der Waals surface area contributed by atoms with Gasteiger partial charge in [-0.1, -0.05) is 6.92 Å². The van der Waals surface area contributed by atoms with Crippen molar-refractivity contribution in [3.63, 3.8) is 0 Å². The summed E-state index contributed by atoms with van der Waals surface area (Å²) in [6.45, 7) is 1.79. The number of ether oxygens (including phenoxy) is 1. The van der Waals surface area contributed by atoms with E-state index in [1.807, 2.05) is 0 Å². The fraction of sp³-hybridized carbons (Fsp3) is 0.286. The molecule has 0 aliphatic heterocycles. The molecule has 0 aliphatic carbocycles. The van der Waals surface area contributed by atoms with Crippen LogP contribution in [0.4, 0.5) is 17.6 Å². The third-order valence-corrected chi connectivity index (χ3v) is 4.43. The van der Waals surface area contributed by atoms with E-state index in [1.54, 1.807) is 25.9 Å². The first-order valence-electron chi connectivity index (χ1n) is 9.02. The first kappa shape index (κ1) is 21.6. The predicted molar refractivity (Wildman–Crippen MR) is 102 cm³/mol. The number of aromatic hydroxyl groups is 1. The molecule has 9 heteroatoms. The van der Waals surface area contributed by atoms with Crippen LogP contribution in [-0.4, -0.2) is 24.1 Å². The van der Waals surface area contributed by atoms with Crippen molar-refractivity contribution in [2.24, 2.45) is 0 Å². The zero-order valence-corrected chi connectivity index (χ0v) is 16.4. The first-order chi connectivity index (χ1) is 14.0. The molecule has 0 unspecified atom stereocenters. The van der Waals surface area contributed by atoms with E-state index in [2.05, 4.69) is 0 Å². The standard InChI is InChI=1S/C21H19F4NO4/c1-4-11-9-14-17(28)19(29-13-7-5-12(22)6-8-13)20(21(23,24)25)30-18(14)15(16(11)27)10-26(2)3/h5-9,27H,4,10H2,1-3H3. The van der Waals surface area contributed by atoms with E-state index < -0.39 is 28.9 Å². The maximum absolute atomic E-state index is 13.7. The van der Waals surface area contributed by atoms with E-state index in [0.717, 1.165) is 24.3 Å². The van der Waals surface area contributed by atoms with Gasteiger partial charge in [0, 0.05) is 6.54 Å². The number of hydrogen-bond donors (Lipinski definition) is 1. The monoisotopic (exact) mass is 425 g/mol. The van der Waals surface area contributed by atoms with Crippen LogP contribution >= 0.6 is 0 Å². The summed E-state index contributed by atoms with van der Waals surface area (Å²) in [5, 5.41) is 10.4. The van der Waals surface area contributed by atoms with Crippen molar-refractivity contribution in [2.75, 3.05) is 14.1 Å². The molecule has 0 atom stereocenters. The van der Waals surface area contributed by atoms with E-state index >= 15 is 0 Å². The van der Waals surface area contributed by atoms with Gasteiger partial charge in [0.05, 0.1) is 10.9 Å². The number of fused-ring (bicyclic) bond motifs is 1. The predicted octanol–water partition coefficient (Wildman–Crippen LogP) is 5.07. The number of rotatable bonds is 5. The van der Waals surface area contributed by atoms with Gasteiger partial charge in [0.1, 0.15) is 22.9 Å². The zero-order chi connectivity index (χ0) is 22.2. The van der Waals surface area contributed by atoms with Crippen molar-refractivity contribution < 1.29 is 31.8 Å². The lowest BCUT2D eigenvalue weighted by atomic mass is 10.0. The highest BCUT2D eigenvalue weighted by molar-refractivity contribution is 5.85. The topological polar surface area (TPSA) is 62.9 Å². The highest BCUT2D eigenvalue weighted by Crippen LogP contribution is 2.41. The van der Waals surface area contributed by atoms with Crippen LogP contribution in [0.5, 0.6) is 17.2 Å². The Morgan fingerprint density at radius 1 is 1.17 bits per heavy atom. The molecule has 1 aromatic heterocycles. The summed E-state index contributed by atoms with van der Waals surface area (Å²) in [6, 6.07) is 5.49. The molecule has 0 spiro atoms. The molecule has 5 nitrogen and oxygen atoms in total. The largest absolute Gasteiger partial charge is 0.507 e. The average Bonchev–Trinajstić information content (AvgIpc) is 2.66. The summed E-state index contributed by atoms with van der Waals surface area (Å²) in [6.07, 6.45) is -4.70. The van der Waals surface area contributed by atoms with Gasteiger partial charge in [-0.25, -0.2) is 4.39 Å². The number of nitrogens with zero attached hydrogens (tertiary/aromatic N) is 1. The number of phenols is 1. The summed E-state index contributed by atoms with van der Waals surface area (Å²) in [5.41, 5.74) is -0.936. The third-order valence-electron chi connectivity index (χ3n) is 4.43. The molecule has 30 heavy (non-hydrogen) atoms. The summed E-state index contributed by atoms with van der Waals surface area (Å²) in [5.74, 6) is -3.67. The van der Waals surface area contributed by atoms with E-state index in [9.17, 15) is 27.5 Å². The Kier molecular flexibility index (Phi) is 5.76. The van der Waals surface area contributed by atoms with Crippen LogP contribution in [0.1, 0.15) is 23.8 Å². The molecule has 0 fully saturated rings. The van der Waals surface area contributed by atoms with Crippen molar-refractivity contribution in [1.82, 2.24) is 4.90 Å². The molecule has 0 saturated carbocycles. The molecule has 0 aliphatic rings. The minimum Gasteiger partial charge on any atom is -0.507 e. The minimum absolute atomic E-state index is 0.0502. The van der Waals surface area contributed by atoms with Crippen LogP contribution in [-0.2, 0) is 19.1 Å². The van der Waals surface area contributed by atoms with Crippen LogP contribution in [0.3, 0.4) is 0 Å². The minimum atomic E-state index is -5.04. The van der Waals surface area contributed by atoms with E-state index in [1.165, 1.54) is 6.07 Å². The fourth-order valence-corrected chi connectivity index (χ4v) is 3.06. The molecule has 2 aromatic carbocycles. The molecule has 160 valence electrons. The number of aryl methyl sites for hydroxylation is 1. The lowest BCUT2D eigenvalue weighted by Gasteiger charge is -2.18. The van der Waals surface area contributed by atoms with Gasteiger partial charge in [0.15, 0.2) is 0 Å². The number of halogens is 4. The molecule has 1 heterocycles. The normalized spacial score (nSPS) is 12.0. The molecule has 0 amide bonds. The maximum atomic E-state index is 13.7. The molecule has 3 rings (SSSR count). The molecule has 1 N–H and O–H groups in total. The Hall–Kier alpha value is -3.07. The Morgan fingerprint density at radius 3 is 2.33 bits per heavy atom. The second kappa shape index (κ2) is 7.98. The molecule has 0 radical (unpaired) electrons. The van der Waals surface area contributed by atoms with Crippen LogP contribution in [0.15, 0.2) is 39.5 Å². The van der Waals surface area contributed by atoms with E-state index in [4.69, 9.17) is 9.15 Å². The van der Waals surface area contributed by atoms with E-state index in [0.29, 0.717) is 12.0 Å². The lowest BCUT2D eigenvalue weighted by Crippen LogP contribution is -2.18. The van der Waals surface area contributed by atoms with Crippen molar-refractivity contribution >= 4 is 11.0 Å². The number of hydrogen-bond acceptors (Lipinski definition) is 5. The van der Waals surface area contributed by atoms with Crippen molar-refractivity contribution in [3.8, 4) is 17.2 Å². The first-order valence-corrected chi connectivity index (χ1v) is 9.02. The van der Waals surface area contributed by atoms with Gasteiger partial charge >= 0.3 is 6.18 Å². The Labute approximate surface area is 169 Å². The number of alkyl halides is 3. The molecule has 0 saturated heterocycles. The molecular weight excluding hydrogens is 406 g/mol. The van der Waals surface area contributed by atoms with Crippen molar-refractivity contribution in [1.29, 1.82) is 0 Å². The van der Waals surface area contributed by atoms with Crippen LogP contribution in [0, 0.1) is 5.82 Å². The lowest BCUT2D eigenvalue weighted by molar-refractivity contribution is -0.154. The second-order valence-electron chi connectivity index (χ2n) is 6.97. The summed E-state index contributed by atoms with van der Waals surface area (Å²) in [4.78, 5) is 14.7. The van der Waals surface area contributed by atoms with Crippen molar-refractivity contribution in [2.45, 2.75) is 26.1 Å². The number of benzene rings is 2. The third kappa shape index (κ3) is 4.11. The summed E-state index contributed by atoms with van der Waals surface area (Å²) >= 11 is 0. The average molecular weight is 425 g/mol. The Bertz CT molecular complexity index is 1140. The van der Waals surface area contributed by atoms with Crippen LogP contribution in [0.2, 0.25) is 0 Å². The summed E-state index contributed by atoms with van der Waals surface area (Å²) in [7, 11) is 3.33. The van der Waals surface area contributed by atoms with Gasteiger partial charge < -0.3 is 19.2 Å². The summed E-state index contributed by atoms with van der Waals surface area (Å²) < 4.78 is 64.6. The van der Waals surface area contributed by atoms with Gasteiger partial charge in [-0.3, -0.25) is 4.79 Å². The Balaban J connectivity index is 2.35.